The highest BCUT2D eigenvalue weighted by Gasteiger charge is 2.39. The zero-order valence-electron chi connectivity index (χ0n) is 10.8. The lowest BCUT2D eigenvalue weighted by Gasteiger charge is -2.33. The molecule has 0 bridgehead atoms. The Bertz CT molecular complexity index is 369. The Morgan fingerprint density at radius 1 is 1.50 bits per heavy atom. The summed E-state index contributed by atoms with van der Waals surface area (Å²) in [5.74, 6) is 0. The van der Waals surface area contributed by atoms with E-state index in [4.69, 9.17) is 10.5 Å². The van der Waals surface area contributed by atoms with Crippen LogP contribution in [0.15, 0.2) is 16.8 Å². The first-order chi connectivity index (χ1) is 8.81. The van der Waals surface area contributed by atoms with Crippen molar-refractivity contribution in [3.05, 3.63) is 22.4 Å². The van der Waals surface area contributed by atoms with Crippen LogP contribution in [0.2, 0.25) is 0 Å². The van der Waals surface area contributed by atoms with Gasteiger partial charge in [0.1, 0.15) is 0 Å². The Morgan fingerprint density at radius 2 is 2.39 bits per heavy atom. The maximum atomic E-state index is 6.01. The second kappa shape index (κ2) is 5.29. The van der Waals surface area contributed by atoms with Gasteiger partial charge in [0.25, 0.3) is 0 Å². The van der Waals surface area contributed by atoms with Gasteiger partial charge in [-0.05, 0) is 41.7 Å². The van der Waals surface area contributed by atoms with Gasteiger partial charge in [-0.2, -0.15) is 11.3 Å². The van der Waals surface area contributed by atoms with Gasteiger partial charge in [-0.15, -0.1) is 0 Å². The molecule has 2 fully saturated rings. The minimum atomic E-state index is 0.207. The summed E-state index contributed by atoms with van der Waals surface area (Å²) in [6.07, 6.45) is 3.83. The molecular formula is C14H22N2OS. The fraction of sp³-hybridized carbons (Fsp3) is 0.714. The fourth-order valence-electron chi connectivity index (χ4n) is 2.80. The monoisotopic (exact) mass is 266 g/mol. The van der Waals surface area contributed by atoms with Crippen molar-refractivity contribution in [1.29, 1.82) is 0 Å². The Labute approximate surface area is 113 Å². The Morgan fingerprint density at radius 3 is 2.94 bits per heavy atom. The maximum Gasteiger partial charge on any atom is 0.0547 e. The third-order valence-corrected chi connectivity index (χ3v) is 4.92. The molecule has 100 valence electrons. The normalized spacial score (nSPS) is 28.1. The van der Waals surface area contributed by atoms with Gasteiger partial charge in [0.2, 0.25) is 0 Å². The molecule has 0 radical (unpaired) electrons. The van der Waals surface area contributed by atoms with E-state index in [1.807, 2.05) is 0 Å². The predicted molar refractivity (Wildman–Crippen MR) is 74.7 cm³/mol. The topological polar surface area (TPSA) is 38.5 Å². The summed E-state index contributed by atoms with van der Waals surface area (Å²) >= 11 is 1.79. The summed E-state index contributed by atoms with van der Waals surface area (Å²) in [5.41, 5.74) is 7.66. The van der Waals surface area contributed by atoms with E-state index in [0.717, 1.165) is 45.3 Å². The highest BCUT2D eigenvalue weighted by atomic mass is 32.1. The number of hydrogen-bond donors (Lipinski definition) is 1. The Hall–Kier alpha value is -0.420. The number of ether oxygens (including phenoxy) is 1. The van der Waals surface area contributed by atoms with Crippen molar-refractivity contribution in [3.8, 4) is 0 Å². The standard InChI is InChI=1S/C14H22N2OS/c15-9-14(4-5-17-11-14)10-16(13-1-2-13)7-12-3-6-18-8-12/h3,6,8,13H,1-2,4-5,7,9-11,15H2. The molecule has 3 rings (SSSR count). The van der Waals surface area contributed by atoms with Crippen LogP contribution in [0.3, 0.4) is 0 Å². The van der Waals surface area contributed by atoms with Crippen LogP contribution in [0.25, 0.3) is 0 Å². The molecule has 3 nitrogen and oxygen atoms in total. The second-order valence-corrected chi connectivity index (χ2v) is 6.55. The summed E-state index contributed by atoms with van der Waals surface area (Å²) in [7, 11) is 0. The average molecular weight is 266 g/mol. The molecule has 0 spiro atoms. The molecule has 18 heavy (non-hydrogen) atoms. The molecule has 1 aromatic heterocycles. The summed E-state index contributed by atoms with van der Waals surface area (Å²) in [6.45, 7) is 4.66. The van der Waals surface area contributed by atoms with E-state index < -0.39 is 0 Å². The zero-order valence-corrected chi connectivity index (χ0v) is 11.6. The van der Waals surface area contributed by atoms with Crippen molar-refractivity contribution in [2.75, 3.05) is 26.3 Å². The molecule has 1 saturated heterocycles. The zero-order chi connectivity index (χ0) is 12.4. The van der Waals surface area contributed by atoms with Crippen LogP contribution < -0.4 is 5.73 Å². The van der Waals surface area contributed by atoms with Crippen molar-refractivity contribution < 1.29 is 4.74 Å². The molecule has 1 unspecified atom stereocenters. The van der Waals surface area contributed by atoms with Gasteiger partial charge in [-0.1, -0.05) is 0 Å². The molecule has 0 aromatic carbocycles. The van der Waals surface area contributed by atoms with Gasteiger partial charge in [0, 0.05) is 37.7 Å². The van der Waals surface area contributed by atoms with Crippen LogP contribution in [-0.2, 0) is 11.3 Å². The number of hydrogen-bond acceptors (Lipinski definition) is 4. The summed E-state index contributed by atoms with van der Waals surface area (Å²) in [5, 5.41) is 4.42. The van der Waals surface area contributed by atoms with Crippen molar-refractivity contribution >= 4 is 11.3 Å². The lowest BCUT2D eigenvalue weighted by molar-refractivity contribution is 0.107. The summed E-state index contributed by atoms with van der Waals surface area (Å²) < 4.78 is 5.58. The van der Waals surface area contributed by atoms with E-state index in [-0.39, 0.29) is 5.41 Å². The van der Waals surface area contributed by atoms with Crippen molar-refractivity contribution in [2.24, 2.45) is 11.1 Å². The lowest BCUT2D eigenvalue weighted by atomic mass is 9.86. The third-order valence-electron chi connectivity index (χ3n) is 4.19. The number of nitrogens with two attached hydrogens (primary N) is 1. The largest absolute Gasteiger partial charge is 0.381 e. The minimum Gasteiger partial charge on any atom is -0.381 e. The molecule has 2 aliphatic rings. The lowest BCUT2D eigenvalue weighted by Crippen LogP contribution is -2.43. The van der Waals surface area contributed by atoms with Crippen LogP contribution in [0.1, 0.15) is 24.8 Å². The van der Waals surface area contributed by atoms with Gasteiger partial charge in [-0.3, -0.25) is 4.90 Å². The first-order valence-electron chi connectivity index (χ1n) is 6.84. The highest BCUT2D eigenvalue weighted by molar-refractivity contribution is 7.07. The highest BCUT2D eigenvalue weighted by Crippen LogP contribution is 2.35. The summed E-state index contributed by atoms with van der Waals surface area (Å²) in [4.78, 5) is 2.63. The predicted octanol–water partition coefficient (Wildman–Crippen LogP) is 2.08. The molecule has 0 amide bonds. The molecule has 1 aliphatic carbocycles. The number of nitrogens with zero attached hydrogens (tertiary/aromatic N) is 1. The molecule has 2 N–H and O–H groups in total. The molecule has 1 saturated carbocycles. The van der Waals surface area contributed by atoms with Gasteiger partial charge >= 0.3 is 0 Å². The van der Waals surface area contributed by atoms with Crippen LogP contribution in [0.4, 0.5) is 0 Å². The van der Waals surface area contributed by atoms with Gasteiger partial charge in [-0.25, -0.2) is 0 Å². The number of thiophene rings is 1. The van der Waals surface area contributed by atoms with Gasteiger partial charge in [0.15, 0.2) is 0 Å². The molecule has 4 heteroatoms. The first-order valence-corrected chi connectivity index (χ1v) is 7.79. The number of rotatable bonds is 6. The van der Waals surface area contributed by atoms with Crippen molar-refractivity contribution in [3.63, 3.8) is 0 Å². The van der Waals surface area contributed by atoms with E-state index in [0.29, 0.717) is 0 Å². The van der Waals surface area contributed by atoms with E-state index >= 15 is 0 Å². The SMILES string of the molecule is NCC1(CN(Cc2ccsc2)C2CC2)CCOC1. The first kappa shape index (κ1) is 12.6. The Balaban J connectivity index is 1.66. The molecule has 1 aliphatic heterocycles. The van der Waals surface area contributed by atoms with Crippen molar-refractivity contribution in [2.45, 2.75) is 31.8 Å². The second-order valence-electron chi connectivity index (χ2n) is 5.77. The third kappa shape index (κ3) is 2.77. The van der Waals surface area contributed by atoms with Crippen LogP contribution in [0, 0.1) is 5.41 Å². The minimum absolute atomic E-state index is 0.207. The van der Waals surface area contributed by atoms with Crippen molar-refractivity contribution in [1.82, 2.24) is 4.90 Å². The fourth-order valence-corrected chi connectivity index (χ4v) is 3.46. The quantitative estimate of drug-likeness (QED) is 0.857. The summed E-state index contributed by atoms with van der Waals surface area (Å²) in [6, 6.07) is 3.02. The maximum absolute atomic E-state index is 6.01. The van der Waals surface area contributed by atoms with Crippen LogP contribution in [-0.4, -0.2) is 37.2 Å². The molecule has 2 heterocycles. The van der Waals surface area contributed by atoms with Gasteiger partial charge in [0.05, 0.1) is 6.61 Å². The average Bonchev–Trinajstić information content (AvgIpc) is 2.92. The van der Waals surface area contributed by atoms with E-state index in [1.54, 1.807) is 11.3 Å². The van der Waals surface area contributed by atoms with E-state index in [9.17, 15) is 0 Å². The smallest absolute Gasteiger partial charge is 0.0547 e. The van der Waals surface area contributed by atoms with Crippen LogP contribution in [0.5, 0.6) is 0 Å². The van der Waals surface area contributed by atoms with Crippen LogP contribution >= 0.6 is 11.3 Å². The van der Waals surface area contributed by atoms with E-state index in [1.165, 1.54) is 18.4 Å². The molecule has 1 aromatic rings. The molecule has 1 atom stereocenters. The Kier molecular flexibility index (Phi) is 3.71. The van der Waals surface area contributed by atoms with E-state index in [2.05, 4.69) is 21.7 Å². The molecular weight excluding hydrogens is 244 g/mol. The van der Waals surface area contributed by atoms with Gasteiger partial charge < -0.3 is 10.5 Å².